The number of nitrogens with zero attached hydrogens (tertiary/aromatic N) is 3. The monoisotopic (exact) mass is 280 g/mol. The molecule has 0 atom stereocenters. The number of benzene rings is 1. The minimum atomic E-state index is 0.678. The second kappa shape index (κ2) is 4.74. The van der Waals surface area contributed by atoms with Crippen LogP contribution in [0.1, 0.15) is 17.7 Å². The molecule has 0 spiro atoms. The molecule has 3 rings (SSSR count). The third kappa shape index (κ3) is 2.15. The first-order valence-electron chi connectivity index (χ1n) is 5.84. The van der Waals surface area contributed by atoms with Crippen molar-refractivity contribution in [2.24, 2.45) is 0 Å². The first-order valence-corrected chi connectivity index (χ1v) is 6.99. The van der Waals surface area contributed by atoms with Gasteiger partial charge in [0, 0.05) is 29.5 Å². The smallest absolute Gasteiger partial charge is 0.139 e. The zero-order valence-corrected chi connectivity index (χ0v) is 11.3. The fourth-order valence-electron chi connectivity index (χ4n) is 2.33. The maximum absolute atomic E-state index is 6.06. The molecular weight excluding hydrogens is 268 g/mol. The summed E-state index contributed by atoms with van der Waals surface area (Å²) < 4.78 is 4.55. The summed E-state index contributed by atoms with van der Waals surface area (Å²) in [6, 6.07) is 6.08. The van der Waals surface area contributed by atoms with E-state index < -0.39 is 0 Å². The number of hydrogen-bond acceptors (Lipinski definition) is 5. The summed E-state index contributed by atoms with van der Waals surface area (Å²) in [5, 5.41) is 4.07. The van der Waals surface area contributed by atoms with E-state index in [1.165, 1.54) is 22.8 Å². The summed E-state index contributed by atoms with van der Waals surface area (Å²) in [4.78, 5) is 2.29. The van der Waals surface area contributed by atoms with E-state index >= 15 is 0 Å². The number of nitrogen functional groups attached to an aromatic ring is 1. The number of halogens is 1. The van der Waals surface area contributed by atoms with Gasteiger partial charge < -0.3 is 10.6 Å². The van der Waals surface area contributed by atoms with Gasteiger partial charge in [-0.15, -0.1) is 5.10 Å². The quantitative estimate of drug-likeness (QED) is 0.860. The standard InChI is InChI=1S/C12H13ClN4S/c13-12-10(15-16-18-12)7-17-5-1-2-8-6-9(14)3-4-11(8)17/h3-4,6H,1-2,5,7,14H2. The highest BCUT2D eigenvalue weighted by Gasteiger charge is 2.19. The Hall–Kier alpha value is -1.33. The number of rotatable bonds is 2. The molecule has 1 aliphatic heterocycles. The van der Waals surface area contributed by atoms with Crippen LogP contribution in [0.4, 0.5) is 11.4 Å². The second-order valence-electron chi connectivity index (χ2n) is 4.41. The van der Waals surface area contributed by atoms with Crippen LogP contribution >= 0.6 is 23.1 Å². The lowest BCUT2D eigenvalue weighted by atomic mass is 10.0. The van der Waals surface area contributed by atoms with Gasteiger partial charge in [0.1, 0.15) is 10.0 Å². The van der Waals surface area contributed by atoms with Crippen molar-refractivity contribution in [3.05, 3.63) is 33.8 Å². The minimum Gasteiger partial charge on any atom is -0.399 e. The molecule has 2 heterocycles. The molecule has 2 N–H and O–H groups in total. The summed E-state index contributed by atoms with van der Waals surface area (Å²) in [7, 11) is 0. The zero-order valence-electron chi connectivity index (χ0n) is 9.77. The normalized spacial score (nSPS) is 14.6. The van der Waals surface area contributed by atoms with Gasteiger partial charge in [-0.25, -0.2) is 0 Å². The lowest BCUT2D eigenvalue weighted by Gasteiger charge is -2.30. The number of anilines is 2. The van der Waals surface area contributed by atoms with Crippen molar-refractivity contribution in [1.29, 1.82) is 0 Å². The molecule has 2 aromatic rings. The van der Waals surface area contributed by atoms with E-state index in [0.29, 0.717) is 10.9 Å². The molecule has 4 nitrogen and oxygen atoms in total. The fourth-order valence-corrected chi connectivity index (χ4v) is 2.94. The molecule has 0 amide bonds. The molecular formula is C12H13ClN4S. The van der Waals surface area contributed by atoms with Gasteiger partial charge in [0.05, 0.1) is 6.54 Å². The summed E-state index contributed by atoms with van der Waals surface area (Å²) >= 11 is 7.29. The highest BCUT2D eigenvalue weighted by atomic mass is 35.5. The topological polar surface area (TPSA) is 55.0 Å². The van der Waals surface area contributed by atoms with Crippen LogP contribution in [-0.4, -0.2) is 16.1 Å². The molecule has 0 unspecified atom stereocenters. The molecule has 0 saturated carbocycles. The molecule has 0 fully saturated rings. The number of aryl methyl sites for hydroxylation is 1. The Morgan fingerprint density at radius 1 is 1.44 bits per heavy atom. The molecule has 1 aromatic carbocycles. The molecule has 0 radical (unpaired) electrons. The molecule has 0 bridgehead atoms. The predicted molar refractivity (Wildman–Crippen MR) is 75.1 cm³/mol. The van der Waals surface area contributed by atoms with Crippen molar-refractivity contribution >= 4 is 34.5 Å². The highest BCUT2D eigenvalue weighted by Crippen LogP contribution is 2.31. The van der Waals surface area contributed by atoms with Crippen LogP contribution in [0.5, 0.6) is 0 Å². The average molecular weight is 281 g/mol. The van der Waals surface area contributed by atoms with Gasteiger partial charge in [0.25, 0.3) is 0 Å². The Morgan fingerprint density at radius 2 is 2.33 bits per heavy atom. The first-order chi connectivity index (χ1) is 8.74. The second-order valence-corrected chi connectivity index (χ2v) is 5.76. The van der Waals surface area contributed by atoms with Gasteiger partial charge in [0.2, 0.25) is 0 Å². The van der Waals surface area contributed by atoms with Gasteiger partial charge >= 0.3 is 0 Å². The maximum atomic E-state index is 6.06. The van der Waals surface area contributed by atoms with Crippen LogP contribution in [0.15, 0.2) is 18.2 Å². The minimum absolute atomic E-state index is 0.678. The molecule has 6 heteroatoms. The lowest BCUT2D eigenvalue weighted by molar-refractivity contribution is 0.683. The average Bonchev–Trinajstić information content (AvgIpc) is 2.75. The predicted octanol–water partition coefficient (Wildman–Crippen LogP) is 2.73. The number of nitrogens with two attached hydrogens (primary N) is 1. The van der Waals surface area contributed by atoms with E-state index in [1.54, 1.807) is 0 Å². The molecule has 94 valence electrons. The van der Waals surface area contributed by atoms with Crippen LogP contribution in [-0.2, 0) is 13.0 Å². The van der Waals surface area contributed by atoms with Gasteiger partial charge in [-0.1, -0.05) is 16.1 Å². The lowest BCUT2D eigenvalue weighted by Crippen LogP contribution is -2.29. The van der Waals surface area contributed by atoms with Gasteiger partial charge in [-0.05, 0) is 36.6 Å². The van der Waals surface area contributed by atoms with E-state index in [1.807, 2.05) is 6.07 Å². The zero-order chi connectivity index (χ0) is 12.5. The molecule has 18 heavy (non-hydrogen) atoms. The van der Waals surface area contributed by atoms with Gasteiger partial charge in [0.15, 0.2) is 0 Å². The Kier molecular flexibility index (Phi) is 3.09. The van der Waals surface area contributed by atoms with Crippen molar-refractivity contribution in [3.63, 3.8) is 0 Å². The molecule has 0 saturated heterocycles. The third-order valence-electron chi connectivity index (χ3n) is 3.17. The van der Waals surface area contributed by atoms with Crippen LogP contribution in [0, 0.1) is 0 Å². The van der Waals surface area contributed by atoms with E-state index in [-0.39, 0.29) is 0 Å². The van der Waals surface area contributed by atoms with Gasteiger partial charge in [-0.2, -0.15) is 0 Å². The highest BCUT2D eigenvalue weighted by molar-refractivity contribution is 7.10. The number of aromatic nitrogens is 2. The fraction of sp³-hybridized carbons (Fsp3) is 0.333. The first kappa shape index (κ1) is 11.7. The Labute approximate surface area is 115 Å². The van der Waals surface area contributed by atoms with Gasteiger partial charge in [-0.3, -0.25) is 0 Å². The maximum Gasteiger partial charge on any atom is 0.139 e. The van der Waals surface area contributed by atoms with Crippen molar-refractivity contribution in [2.75, 3.05) is 17.2 Å². The van der Waals surface area contributed by atoms with Crippen molar-refractivity contribution in [3.8, 4) is 0 Å². The molecule has 0 aliphatic carbocycles. The Morgan fingerprint density at radius 3 is 3.11 bits per heavy atom. The van der Waals surface area contributed by atoms with Crippen LogP contribution < -0.4 is 10.6 Å². The van der Waals surface area contributed by atoms with E-state index in [4.69, 9.17) is 17.3 Å². The largest absolute Gasteiger partial charge is 0.399 e. The summed E-state index contributed by atoms with van der Waals surface area (Å²) in [5.74, 6) is 0. The van der Waals surface area contributed by atoms with Crippen molar-refractivity contribution in [1.82, 2.24) is 9.59 Å². The number of fused-ring (bicyclic) bond motifs is 1. The summed E-state index contributed by atoms with van der Waals surface area (Å²) in [6.45, 7) is 1.73. The van der Waals surface area contributed by atoms with E-state index in [0.717, 1.165) is 30.8 Å². The van der Waals surface area contributed by atoms with Crippen LogP contribution in [0.2, 0.25) is 4.34 Å². The summed E-state index contributed by atoms with van der Waals surface area (Å²) in [5.41, 5.74) is 10.0. The van der Waals surface area contributed by atoms with E-state index in [9.17, 15) is 0 Å². The van der Waals surface area contributed by atoms with Crippen LogP contribution in [0.3, 0.4) is 0 Å². The van der Waals surface area contributed by atoms with Crippen molar-refractivity contribution < 1.29 is 0 Å². The Bertz CT molecular complexity index is 569. The third-order valence-corrected chi connectivity index (χ3v) is 4.15. The van der Waals surface area contributed by atoms with E-state index in [2.05, 4.69) is 26.6 Å². The Balaban J connectivity index is 1.90. The number of hydrogen-bond donors (Lipinski definition) is 1. The summed E-state index contributed by atoms with van der Waals surface area (Å²) in [6.07, 6.45) is 2.21. The molecule has 1 aliphatic rings. The van der Waals surface area contributed by atoms with Crippen molar-refractivity contribution in [2.45, 2.75) is 19.4 Å². The SMILES string of the molecule is Nc1ccc2c(c1)CCCN2Cc1nnsc1Cl. The van der Waals surface area contributed by atoms with Crippen LogP contribution in [0.25, 0.3) is 0 Å². The molecule has 1 aromatic heterocycles.